The Morgan fingerprint density at radius 2 is 2.47 bits per heavy atom. The normalized spacial score (nSPS) is 12.6. The van der Waals surface area contributed by atoms with Crippen molar-refractivity contribution < 1.29 is 9.90 Å². The zero-order valence-corrected chi connectivity index (χ0v) is 9.72. The molecule has 0 aliphatic heterocycles. The third-order valence-electron chi connectivity index (χ3n) is 2.14. The summed E-state index contributed by atoms with van der Waals surface area (Å²) in [5, 5.41) is 13.9. The van der Waals surface area contributed by atoms with Gasteiger partial charge in [0.05, 0.1) is 0 Å². The lowest BCUT2D eigenvalue weighted by molar-refractivity contribution is -0.137. The van der Waals surface area contributed by atoms with Crippen LogP contribution in [0.5, 0.6) is 0 Å². The zero-order valence-electron chi connectivity index (χ0n) is 8.90. The summed E-state index contributed by atoms with van der Waals surface area (Å²) < 4.78 is 0. The topological polar surface area (TPSA) is 49.3 Å². The summed E-state index contributed by atoms with van der Waals surface area (Å²) in [6.45, 7) is 3.65. The van der Waals surface area contributed by atoms with E-state index in [1.165, 1.54) is 4.88 Å². The molecule has 0 saturated heterocycles. The maximum absolute atomic E-state index is 10.4. The molecule has 1 rings (SSSR count). The fraction of sp³-hybridized carbons (Fsp3) is 0.545. The highest BCUT2D eigenvalue weighted by Gasteiger charge is 2.06. The minimum Gasteiger partial charge on any atom is -0.481 e. The highest BCUT2D eigenvalue weighted by atomic mass is 32.1. The Morgan fingerprint density at radius 3 is 3.07 bits per heavy atom. The standard InChI is InChI=1S/C11H17NO2S/c1-9(7-11(13)14)8-12-5-4-10-3-2-6-15-10/h2-3,6,9,12H,4-5,7-8H2,1H3,(H,13,14). The van der Waals surface area contributed by atoms with E-state index in [1.807, 2.05) is 13.0 Å². The highest BCUT2D eigenvalue weighted by Crippen LogP contribution is 2.08. The molecule has 2 N–H and O–H groups in total. The Bertz CT molecular complexity index is 285. The lowest BCUT2D eigenvalue weighted by Crippen LogP contribution is -2.24. The van der Waals surface area contributed by atoms with Crippen molar-refractivity contribution in [3.05, 3.63) is 22.4 Å². The average molecular weight is 227 g/mol. The summed E-state index contributed by atoms with van der Waals surface area (Å²) in [5.41, 5.74) is 0. The third kappa shape index (κ3) is 5.54. The maximum atomic E-state index is 10.4. The first kappa shape index (κ1) is 12.2. The van der Waals surface area contributed by atoms with E-state index < -0.39 is 5.97 Å². The van der Waals surface area contributed by atoms with Gasteiger partial charge in [-0.15, -0.1) is 11.3 Å². The smallest absolute Gasteiger partial charge is 0.303 e. The fourth-order valence-corrected chi connectivity index (χ4v) is 2.09. The van der Waals surface area contributed by atoms with Gasteiger partial charge in [-0.25, -0.2) is 0 Å². The number of hydrogen-bond acceptors (Lipinski definition) is 3. The van der Waals surface area contributed by atoms with Gasteiger partial charge in [0.2, 0.25) is 0 Å². The Morgan fingerprint density at radius 1 is 1.67 bits per heavy atom. The molecule has 1 heterocycles. The lowest BCUT2D eigenvalue weighted by Gasteiger charge is -2.09. The van der Waals surface area contributed by atoms with Gasteiger partial charge in [-0.05, 0) is 36.9 Å². The van der Waals surface area contributed by atoms with Crippen LogP contribution < -0.4 is 5.32 Å². The van der Waals surface area contributed by atoms with Crippen molar-refractivity contribution in [1.82, 2.24) is 5.32 Å². The molecule has 0 fully saturated rings. The van der Waals surface area contributed by atoms with Gasteiger partial charge in [0.15, 0.2) is 0 Å². The molecule has 1 aromatic rings. The SMILES string of the molecule is CC(CNCCc1cccs1)CC(=O)O. The van der Waals surface area contributed by atoms with Crippen LogP contribution >= 0.6 is 11.3 Å². The Kier molecular flexibility index (Phi) is 5.36. The first-order valence-corrected chi connectivity index (χ1v) is 6.01. The van der Waals surface area contributed by atoms with Crippen molar-refractivity contribution in [2.24, 2.45) is 5.92 Å². The number of rotatable bonds is 7. The molecule has 0 aromatic carbocycles. The molecule has 0 aliphatic carbocycles. The van der Waals surface area contributed by atoms with Crippen LogP contribution in [0.3, 0.4) is 0 Å². The molecule has 0 aliphatic rings. The summed E-state index contributed by atoms with van der Waals surface area (Å²) in [7, 11) is 0. The molecule has 1 aromatic heterocycles. The summed E-state index contributed by atoms with van der Waals surface area (Å²) in [4.78, 5) is 11.8. The van der Waals surface area contributed by atoms with E-state index in [0.29, 0.717) is 0 Å². The average Bonchev–Trinajstić information content (AvgIpc) is 2.63. The van der Waals surface area contributed by atoms with Gasteiger partial charge in [-0.2, -0.15) is 0 Å². The molecule has 15 heavy (non-hydrogen) atoms. The Hall–Kier alpha value is -0.870. The van der Waals surface area contributed by atoms with Gasteiger partial charge >= 0.3 is 5.97 Å². The Labute approximate surface area is 94.1 Å². The molecular formula is C11H17NO2S. The van der Waals surface area contributed by atoms with Crippen LogP contribution in [-0.2, 0) is 11.2 Å². The molecule has 84 valence electrons. The maximum Gasteiger partial charge on any atom is 0.303 e. The molecule has 0 bridgehead atoms. The first-order valence-electron chi connectivity index (χ1n) is 5.13. The molecule has 3 nitrogen and oxygen atoms in total. The highest BCUT2D eigenvalue weighted by molar-refractivity contribution is 7.09. The fourth-order valence-electron chi connectivity index (χ4n) is 1.39. The van der Waals surface area contributed by atoms with Gasteiger partial charge in [0.25, 0.3) is 0 Å². The number of hydrogen-bond donors (Lipinski definition) is 2. The van der Waals surface area contributed by atoms with Gasteiger partial charge < -0.3 is 10.4 Å². The molecule has 0 spiro atoms. The van der Waals surface area contributed by atoms with E-state index in [9.17, 15) is 4.79 Å². The van der Waals surface area contributed by atoms with Crippen LogP contribution in [0.4, 0.5) is 0 Å². The van der Waals surface area contributed by atoms with Gasteiger partial charge in [-0.3, -0.25) is 4.79 Å². The zero-order chi connectivity index (χ0) is 11.1. The van der Waals surface area contributed by atoms with Crippen LogP contribution in [-0.4, -0.2) is 24.2 Å². The minimum atomic E-state index is -0.720. The van der Waals surface area contributed by atoms with Crippen molar-refractivity contribution in [2.45, 2.75) is 19.8 Å². The predicted molar refractivity (Wildman–Crippen MR) is 62.3 cm³/mol. The van der Waals surface area contributed by atoms with Gasteiger partial charge in [0.1, 0.15) is 0 Å². The number of thiophene rings is 1. The second-order valence-electron chi connectivity index (χ2n) is 3.74. The van der Waals surface area contributed by atoms with Crippen LogP contribution in [0.2, 0.25) is 0 Å². The molecular weight excluding hydrogens is 210 g/mol. The quantitative estimate of drug-likeness (QED) is 0.700. The summed E-state index contributed by atoms with van der Waals surface area (Å²) in [6, 6.07) is 4.17. The molecule has 0 amide bonds. The first-order chi connectivity index (χ1) is 7.18. The van der Waals surface area contributed by atoms with E-state index in [0.717, 1.165) is 19.5 Å². The lowest BCUT2D eigenvalue weighted by atomic mass is 10.1. The largest absolute Gasteiger partial charge is 0.481 e. The number of carboxylic acids is 1. The van der Waals surface area contributed by atoms with E-state index in [4.69, 9.17) is 5.11 Å². The molecule has 1 unspecified atom stereocenters. The predicted octanol–water partition coefficient (Wildman–Crippen LogP) is 1.99. The van der Waals surface area contributed by atoms with Gasteiger partial charge in [0, 0.05) is 11.3 Å². The number of nitrogens with one attached hydrogen (secondary N) is 1. The van der Waals surface area contributed by atoms with E-state index in [2.05, 4.69) is 16.8 Å². The summed E-state index contributed by atoms with van der Waals surface area (Å²) in [6.07, 6.45) is 1.27. The number of aliphatic carboxylic acids is 1. The van der Waals surface area contributed by atoms with Crippen molar-refractivity contribution in [1.29, 1.82) is 0 Å². The third-order valence-corrected chi connectivity index (χ3v) is 3.08. The van der Waals surface area contributed by atoms with E-state index in [-0.39, 0.29) is 12.3 Å². The van der Waals surface area contributed by atoms with Crippen LogP contribution in [0.25, 0.3) is 0 Å². The van der Waals surface area contributed by atoms with Crippen molar-refractivity contribution >= 4 is 17.3 Å². The number of carbonyl (C=O) groups is 1. The van der Waals surface area contributed by atoms with Crippen molar-refractivity contribution in [3.63, 3.8) is 0 Å². The van der Waals surface area contributed by atoms with E-state index in [1.54, 1.807) is 11.3 Å². The summed E-state index contributed by atoms with van der Waals surface area (Å²) in [5.74, 6) is -0.520. The van der Waals surface area contributed by atoms with Crippen LogP contribution in [0.15, 0.2) is 17.5 Å². The second kappa shape index (κ2) is 6.58. The van der Waals surface area contributed by atoms with E-state index >= 15 is 0 Å². The monoisotopic (exact) mass is 227 g/mol. The molecule has 4 heteroatoms. The van der Waals surface area contributed by atoms with Crippen LogP contribution in [0, 0.1) is 5.92 Å². The van der Waals surface area contributed by atoms with Gasteiger partial charge in [-0.1, -0.05) is 13.0 Å². The van der Waals surface area contributed by atoms with Crippen LogP contribution in [0.1, 0.15) is 18.2 Å². The number of carboxylic acid groups (broad SMARTS) is 1. The Balaban J connectivity index is 2.04. The minimum absolute atomic E-state index is 0.200. The summed E-state index contributed by atoms with van der Waals surface area (Å²) >= 11 is 1.76. The van der Waals surface area contributed by atoms with Crippen molar-refractivity contribution in [3.8, 4) is 0 Å². The molecule has 0 radical (unpaired) electrons. The van der Waals surface area contributed by atoms with Crippen molar-refractivity contribution in [2.75, 3.05) is 13.1 Å². The second-order valence-corrected chi connectivity index (χ2v) is 4.77. The molecule has 0 saturated carbocycles. The molecule has 1 atom stereocenters.